The largest absolute Gasteiger partial charge is 0.391 e. The summed E-state index contributed by atoms with van der Waals surface area (Å²) in [5.41, 5.74) is 1.86. The van der Waals surface area contributed by atoms with E-state index in [1.165, 1.54) is 0 Å². The van der Waals surface area contributed by atoms with Gasteiger partial charge in [0.05, 0.1) is 12.1 Å². The summed E-state index contributed by atoms with van der Waals surface area (Å²) >= 11 is 0. The lowest BCUT2D eigenvalue weighted by atomic mass is 10.1. The smallest absolute Gasteiger partial charge is 0.253 e. The molecule has 3 N–H and O–H groups in total. The molecule has 15 heavy (non-hydrogen) atoms. The van der Waals surface area contributed by atoms with Crippen LogP contribution in [-0.4, -0.2) is 17.1 Å². The number of H-pyrrole nitrogens is 1. The fourth-order valence-electron chi connectivity index (χ4n) is 1.52. The molecular weight excluding hydrogens is 192 g/mol. The fourth-order valence-corrected chi connectivity index (χ4v) is 1.52. The molecule has 0 atom stereocenters. The molecule has 0 saturated carbocycles. The highest BCUT2D eigenvalue weighted by molar-refractivity contribution is 5.82. The Hall–Kier alpha value is -1.81. The zero-order valence-electron chi connectivity index (χ0n) is 8.37. The van der Waals surface area contributed by atoms with E-state index in [1.54, 1.807) is 6.07 Å². The van der Waals surface area contributed by atoms with Crippen LogP contribution in [0.5, 0.6) is 0 Å². The number of benzene rings is 1. The maximum absolute atomic E-state index is 11.4. The molecule has 2 aromatic rings. The Morgan fingerprint density at radius 1 is 1.40 bits per heavy atom. The summed E-state index contributed by atoms with van der Waals surface area (Å²) in [4.78, 5) is 14.2. The van der Waals surface area contributed by atoms with Crippen molar-refractivity contribution in [1.82, 2.24) is 4.98 Å². The number of aromatic amines is 1. The summed E-state index contributed by atoms with van der Waals surface area (Å²) in [6.07, 6.45) is 0. The Morgan fingerprint density at radius 2 is 2.20 bits per heavy atom. The maximum atomic E-state index is 11.4. The van der Waals surface area contributed by atoms with Crippen LogP contribution in [0, 0.1) is 0 Å². The van der Waals surface area contributed by atoms with Gasteiger partial charge in [0.25, 0.3) is 5.56 Å². The van der Waals surface area contributed by atoms with Crippen LogP contribution in [0.4, 0.5) is 5.69 Å². The van der Waals surface area contributed by atoms with Crippen LogP contribution >= 0.6 is 0 Å². The molecule has 78 valence electrons. The number of hydrogen-bond donors (Lipinski definition) is 3. The van der Waals surface area contributed by atoms with Gasteiger partial charge in [0.15, 0.2) is 0 Å². The molecule has 1 heterocycles. The predicted molar refractivity (Wildman–Crippen MR) is 60.0 cm³/mol. The number of aliphatic hydroxyl groups excluding tert-OH is 1. The van der Waals surface area contributed by atoms with Crippen molar-refractivity contribution in [3.63, 3.8) is 0 Å². The number of nitrogens with one attached hydrogen (secondary N) is 2. The molecular formula is C11H12N2O2. The molecule has 0 aliphatic rings. The SMILES string of the molecule is CNc1ccc2cc(CO)c(=O)[nH]c2c1. The van der Waals surface area contributed by atoms with Gasteiger partial charge in [0.1, 0.15) is 0 Å². The first kappa shape index (κ1) is 9.73. The van der Waals surface area contributed by atoms with Crippen molar-refractivity contribution in [2.24, 2.45) is 0 Å². The molecule has 4 heteroatoms. The fraction of sp³-hybridized carbons (Fsp3) is 0.182. The van der Waals surface area contributed by atoms with Gasteiger partial charge in [-0.05, 0) is 23.6 Å². The molecule has 0 radical (unpaired) electrons. The molecule has 0 amide bonds. The normalized spacial score (nSPS) is 10.5. The van der Waals surface area contributed by atoms with Crippen molar-refractivity contribution in [3.8, 4) is 0 Å². The zero-order valence-corrected chi connectivity index (χ0v) is 8.37. The van der Waals surface area contributed by atoms with Gasteiger partial charge in [0.2, 0.25) is 0 Å². The molecule has 4 nitrogen and oxygen atoms in total. The van der Waals surface area contributed by atoms with Crippen molar-refractivity contribution >= 4 is 16.6 Å². The summed E-state index contributed by atoms with van der Waals surface area (Å²) in [7, 11) is 1.82. The first-order valence-corrected chi connectivity index (χ1v) is 4.69. The lowest BCUT2D eigenvalue weighted by Gasteiger charge is -2.03. The first-order chi connectivity index (χ1) is 7.24. The van der Waals surface area contributed by atoms with Gasteiger partial charge in [0, 0.05) is 18.3 Å². The molecule has 0 fully saturated rings. The maximum Gasteiger partial charge on any atom is 0.253 e. The Bertz CT molecular complexity index is 546. The highest BCUT2D eigenvalue weighted by Crippen LogP contribution is 2.16. The minimum absolute atomic E-state index is 0.237. The van der Waals surface area contributed by atoms with Crippen molar-refractivity contribution < 1.29 is 5.11 Å². The second kappa shape index (κ2) is 3.74. The molecule has 0 aliphatic carbocycles. The first-order valence-electron chi connectivity index (χ1n) is 4.69. The standard InChI is InChI=1S/C11H12N2O2/c1-12-9-3-2-7-4-8(6-14)11(15)13-10(7)5-9/h2-5,12,14H,6H2,1H3,(H,13,15). The van der Waals surface area contributed by atoms with E-state index in [0.29, 0.717) is 5.56 Å². The van der Waals surface area contributed by atoms with Crippen molar-refractivity contribution in [3.05, 3.63) is 40.2 Å². The summed E-state index contributed by atoms with van der Waals surface area (Å²) in [5, 5.41) is 12.9. The third kappa shape index (κ3) is 1.71. The monoisotopic (exact) mass is 204 g/mol. The van der Waals surface area contributed by atoms with E-state index in [-0.39, 0.29) is 12.2 Å². The lowest BCUT2D eigenvalue weighted by Crippen LogP contribution is -2.11. The highest BCUT2D eigenvalue weighted by Gasteiger charge is 2.01. The molecule has 0 spiro atoms. The molecule has 2 rings (SSSR count). The van der Waals surface area contributed by atoms with Crippen LogP contribution < -0.4 is 10.9 Å². The molecule has 0 unspecified atom stereocenters. The topological polar surface area (TPSA) is 65.1 Å². The molecule has 0 aliphatic heterocycles. The average molecular weight is 204 g/mol. The summed E-state index contributed by atoms with van der Waals surface area (Å²) in [6.45, 7) is -0.237. The van der Waals surface area contributed by atoms with Crippen LogP contribution in [0.2, 0.25) is 0 Å². The van der Waals surface area contributed by atoms with E-state index >= 15 is 0 Å². The second-order valence-electron chi connectivity index (χ2n) is 3.33. The van der Waals surface area contributed by atoms with E-state index in [0.717, 1.165) is 16.6 Å². The number of fused-ring (bicyclic) bond motifs is 1. The number of anilines is 1. The van der Waals surface area contributed by atoms with E-state index in [2.05, 4.69) is 10.3 Å². The van der Waals surface area contributed by atoms with Gasteiger partial charge < -0.3 is 15.4 Å². The van der Waals surface area contributed by atoms with Crippen molar-refractivity contribution in [1.29, 1.82) is 0 Å². The third-order valence-corrected chi connectivity index (χ3v) is 2.38. The van der Waals surface area contributed by atoms with Crippen LogP contribution in [-0.2, 0) is 6.61 Å². The van der Waals surface area contributed by atoms with Crippen LogP contribution in [0.15, 0.2) is 29.1 Å². The van der Waals surface area contributed by atoms with Gasteiger partial charge in [-0.2, -0.15) is 0 Å². The van der Waals surface area contributed by atoms with E-state index in [1.807, 2.05) is 25.2 Å². The van der Waals surface area contributed by atoms with E-state index in [9.17, 15) is 4.79 Å². The number of hydrogen-bond acceptors (Lipinski definition) is 3. The van der Waals surface area contributed by atoms with Gasteiger partial charge in [-0.25, -0.2) is 0 Å². The number of rotatable bonds is 2. The van der Waals surface area contributed by atoms with Gasteiger partial charge in [-0.3, -0.25) is 4.79 Å². The van der Waals surface area contributed by atoms with Crippen LogP contribution in [0.1, 0.15) is 5.56 Å². The Kier molecular flexibility index (Phi) is 2.43. The van der Waals surface area contributed by atoms with Crippen molar-refractivity contribution in [2.45, 2.75) is 6.61 Å². The molecule has 1 aromatic heterocycles. The highest BCUT2D eigenvalue weighted by atomic mass is 16.3. The van der Waals surface area contributed by atoms with Crippen LogP contribution in [0.3, 0.4) is 0 Å². The summed E-state index contributed by atoms with van der Waals surface area (Å²) in [6, 6.07) is 7.38. The van der Waals surface area contributed by atoms with E-state index in [4.69, 9.17) is 5.11 Å². The Labute approximate surface area is 86.6 Å². The molecule has 1 aromatic carbocycles. The van der Waals surface area contributed by atoms with Gasteiger partial charge in [-0.1, -0.05) is 6.07 Å². The molecule has 0 bridgehead atoms. The summed E-state index contributed by atoms with van der Waals surface area (Å²) < 4.78 is 0. The van der Waals surface area contributed by atoms with Crippen LogP contribution in [0.25, 0.3) is 10.9 Å². The Balaban J connectivity index is 2.70. The van der Waals surface area contributed by atoms with E-state index < -0.39 is 0 Å². The number of aliphatic hydroxyl groups is 1. The third-order valence-electron chi connectivity index (χ3n) is 2.38. The second-order valence-corrected chi connectivity index (χ2v) is 3.33. The quantitative estimate of drug-likeness (QED) is 0.685. The predicted octanol–water partition coefficient (Wildman–Crippen LogP) is 1.06. The zero-order chi connectivity index (χ0) is 10.8. The minimum Gasteiger partial charge on any atom is -0.391 e. The average Bonchev–Trinajstić information content (AvgIpc) is 2.27. The Morgan fingerprint density at radius 3 is 2.87 bits per heavy atom. The summed E-state index contributed by atoms with van der Waals surface area (Å²) in [5.74, 6) is 0. The van der Waals surface area contributed by atoms with Gasteiger partial charge >= 0.3 is 0 Å². The van der Waals surface area contributed by atoms with Gasteiger partial charge in [-0.15, -0.1) is 0 Å². The minimum atomic E-state index is -0.238. The number of aromatic nitrogens is 1. The lowest BCUT2D eigenvalue weighted by molar-refractivity contribution is 0.280. The van der Waals surface area contributed by atoms with Crippen molar-refractivity contribution in [2.75, 3.05) is 12.4 Å². The molecule has 0 saturated heterocycles. The number of pyridine rings is 1.